The summed E-state index contributed by atoms with van der Waals surface area (Å²) in [7, 11) is 1.66. The molecule has 0 aromatic carbocycles. The fourth-order valence-electron chi connectivity index (χ4n) is 0.580. The van der Waals surface area contributed by atoms with E-state index in [4.69, 9.17) is 14.2 Å². The molecule has 1 fully saturated rings. The summed E-state index contributed by atoms with van der Waals surface area (Å²) in [6, 6.07) is 0. The number of hydrogen-bond acceptors (Lipinski definition) is 3. The van der Waals surface area contributed by atoms with Crippen LogP contribution in [0.2, 0.25) is 0 Å². The highest BCUT2D eigenvalue weighted by atomic mass is 16.7. The highest BCUT2D eigenvalue weighted by molar-refractivity contribution is 4.72. The van der Waals surface area contributed by atoms with E-state index in [0.29, 0.717) is 26.1 Å². The maximum Gasteiger partial charge on any atom is 0.147 e. The van der Waals surface area contributed by atoms with Gasteiger partial charge in [0.15, 0.2) is 0 Å². The Morgan fingerprint density at radius 2 is 2.10 bits per heavy atom. The second-order valence-corrected chi connectivity index (χ2v) is 2.38. The highest BCUT2D eigenvalue weighted by Gasteiger charge is 2.21. The zero-order valence-corrected chi connectivity index (χ0v) is 6.34. The fourth-order valence-corrected chi connectivity index (χ4v) is 0.580. The molecule has 0 radical (unpaired) electrons. The van der Waals surface area contributed by atoms with Gasteiger partial charge in [-0.1, -0.05) is 0 Å². The molecule has 0 saturated heterocycles. The van der Waals surface area contributed by atoms with Gasteiger partial charge in [-0.3, -0.25) is 0 Å². The van der Waals surface area contributed by atoms with Crippen LogP contribution in [0.5, 0.6) is 0 Å². The van der Waals surface area contributed by atoms with E-state index in [0.717, 1.165) is 0 Å². The van der Waals surface area contributed by atoms with Crippen molar-refractivity contribution in [1.29, 1.82) is 0 Å². The zero-order valence-electron chi connectivity index (χ0n) is 6.34. The molecule has 0 aliphatic heterocycles. The maximum absolute atomic E-state index is 5.22. The van der Waals surface area contributed by atoms with Gasteiger partial charge in [-0.15, -0.1) is 0 Å². The Morgan fingerprint density at radius 3 is 2.70 bits per heavy atom. The van der Waals surface area contributed by atoms with Gasteiger partial charge in [0, 0.05) is 7.11 Å². The number of ether oxygens (including phenoxy) is 3. The molecule has 3 nitrogen and oxygen atoms in total. The molecule has 0 atom stereocenters. The first-order valence-electron chi connectivity index (χ1n) is 3.62. The first kappa shape index (κ1) is 7.98. The van der Waals surface area contributed by atoms with E-state index in [9.17, 15) is 0 Å². The first-order chi connectivity index (χ1) is 4.93. The van der Waals surface area contributed by atoms with Gasteiger partial charge in [-0.05, 0) is 12.8 Å². The van der Waals surface area contributed by atoms with Crippen molar-refractivity contribution in [2.24, 2.45) is 0 Å². The Kier molecular flexibility index (Phi) is 3.72. The average molecular weight is 146 g/mol. The minimum Gasteiger partial charge on any atom is -0.382 e. The lowest BCUT2D eigenvalue weighted by atomic mass is 10.8. The summed E-state index contributed by atoms with van der Waals surface area (Å²) in [5.41, 5.74) is 0. The van der Waals surface area contributed by atoms with Gasteiger partial charge in [0.25, 0.3) is 0 Å². The minimum atomic E-state index is 0.425. The first-order valence-corrected chi connectivity index (χ1v) is 3.62. The predicted octanol–water partition coefficient (Wildman–Crippen LogP) is 0.786. The Labute approximate surface area is 61.3 Å². The predicted molar refractivity (Wildman–Crippen MR) is 36.8 cm³/mol. The molecule has 60 valence electrons. The van der Waals surface area contributed by atoms with E-state index in [1.165, 1.54) is 12.8 Å². The van der Waals surface area contributed by atoms with E-state index >= 15 is 0 Å². The van der Waals surface area contributed by atoms with Gasteiger partial charge >= 0.3 is 0 Å². The molecule has 1 saturated carbocycles. The second-order valence-electron chi connectivity index (χ2n) is 2.38. The third kappa shape index (κ3) is 3.82. The molecule has 10 heavy (non-hydrogen) atoms. The molecule has 0 bridgehead atoms. The van der Waals surface area contributed by atoms with Crippen LogP contribution in [0.4, 0.5) is 0 Å². The van der Waals surface area contributed by atoms with Crippen LogP contribution in [0.3, 0.4) is 0 Å². The van der Waals surface area contributed by atoms with Crippen molar-refractivity contribution >= 4 is 0 Å². The van der Waals surface area contributed by atoms with Crippen LogP contribution < -0.4 is 0 Å². The van der Waals surface area contributed by atoms with Crippen molar-refractivity contribution in [3.05, 3.63) is 0 Å². The van der Waals surface area contributed by atoms with Crippen molar-refractivity contribution in [2.75, 3.05) is 27.1 Å². The van der Waals surface area contributed by atoms with Gasteiger partial charge < -0.3 is 14.2 Å². The van der Waals surface area contributed by atoms with E-state index in [-0.39, 0.29) is 0 Å². The molecule has 3 heteroatoms. The van der Waals surface area contributed by atoms with Crippen molar-refractivity contribution in [3.63, 3.8) is 0 Å². The lowest BCUT2D eigenvalue weighted by molar-refractivity contribution is -0.0724. The van der Waals surface area contributed by atoms with Crippen molar-refractivity contribution in [3.8, 4) is 0 Å². The Bertz CT molecular complexity index is 80.9. The summed E-state index contributed by atoms with van der Waals surface area (Å²) in [6.45, 7) is 1.70. The Hall–Kier alpha value is -0.120. The molecule has 1 aliphatic rings. The molecule has 0 aromatic heterocycles. The normalized spacial score (nSPS) is 17.7. The maximum atomic E-state index is 5.22. The Morgan fingerprint density at radius 1 is 1.30 bits per heavy atom. The molecule has 0 aromatic rings. The quantitative estimate of drug-likeness (QED) is 0.409. The van der Waals surface area contributed by atoms with Crippen LogP contribution in [0.1, 0.15) is 12.8 Å². The summed E-state index contributed by atoms with van der Waals surface area (Å²) in [5.74, 6) is 0. The smallest absolute Gasteiger partial charge is 0.147 e. The highest BCUT2D eigenvalue weighted by Crippen LogP contribution is 2.22. The van der Waals surface area contributed by atoms with E-state index in [1.807, 2.05) is 0 Å². The topological polar surface area (TPSA) is 27.7 Å². The van der Waals surface area contributed by atoms with Crippen LogP contribution in [0.15, 0.2) is 0 Å². The molecule has 0 amide bonds. The van der Waals surface area contributed by atoms with Gasteiger partial charge in [0.2, 0.25) is 0 Å². The molecule has 1 rings (SSSR count). The summed E-state index contributed by atoms with van der Waals surface area (Å²) < 4.78 is 15.1. The van der Waals surface area contributed by atoms with Gasteiger partial charge in [-0.25, -0.2) is 0 Å². The average Bonchev–Trinajstić information content (AvgIpc) is 2.71. The van der Waals surface area contributed by atoms with E-state index in [2.05, 4.69) is 0 Å². The second kappa shape index (κ2) is 4.66. The van der Waals surface area contributed by atoms with Crippen molar-refractivity contribution in [1.82, 2.24) is 0 Å². The fraction of sp³-hybridized carbons (Fsp3) is 1.00. The van der Waals surface area contributed by atoms with Crippen LogP contribution >= 0.6 is 0 Å². The minimum absolute atomic E-state index is 0.425. The number of hydrogen-bond donors (Lipinski definition) is 0. The number of methoxy groups -OCH3 is 1. The van der Waals surface area contributed by atoms with Crippen molar-refractivity contribution < 1.29 is 14.2 Å². The molecule has 0 unspecified atom stereocenters. The zero-order chi connectivity index (χ0) is 7.23. The van der Waals surface area contributed by atoms with Crippen LogP contribution in [0.25, 0.3) is 0 Å². The molecule has 0 N–H and O–H groups in total. The molecule has 1 aliphatic carbocycles. The SMILES string of the molecule is COCCOCOC1CC1. The van der Waals surface area contributed by atoms with Gasteiger partial charge in [0.1, 0.15) is 6.79 Å². The van der Waals surface area contributed by atoms with E-state index < -0.39 is 0 Å². The van der Waals surface area contributed by atoms with E-state index in [1.54, 1.807) is 7.11 Å². The third-order valence-electron chi connectivity index (χ3n) is 1.34. The summed E-state index contributed by atoms with van der Waals surface area (Å²) in [4.78, 5) is 0. The summed E-state index contributed by atoms with van der Waals surface area (Å²) in [6.07, 6.45) is 2.89. The van der Waals surface area contributed by atoms with Crippen molar-refractivity contribution in [2.45, 2.75) is 18.9 Å². The molecular formula is C7H14O3. The van der Waals surface area contributed by atoms with Crippen LogP contribution in [-0.4, -0.2) is 33.2 Å². The van der Waals surface area contributed by atoms with Crippen LogP contribution in [-0.2, 0) is 14.2 Å². The summed E-state index contributed by atoms with van der Waals surface area (Å²) in [5, 5.41) is 0. The molecular weight excluding hydrogens is 132 g/mol. The van der Waals surface area contributed by atoms with Crippen LogP contribution in [0, 0.1) is 0 Å². The molecule has 0 heterocycles. The standard InChI is InChI=1S/C7H14O3/c1-8-4-5-9-6-10-7-2-3-7/h7H,2-6H2,1H3. The van der Waals surface area contributed by atoms with Gasteiger partial charge in [-0.2, -0.15) is 0 Å². The van der Waals surface area contributed by atoms with Gasteiger partial charge in [0.05, 0.1) is 19.3 Å². The number of rotatable bonds is 6. The monoisotopic (exact) mass is 146 g/mol. The lowest BCUT2D eigenvalue weighted by Gasteiger charge is -2.02. The summed E-state index contributed by atoms with van der Waals surface area (Å²) >= 11 is 0. The lowest BCUT2D eigenvalue weighted by Crippen LogP contribution is -2.06. The largest absolute Gasteiger partial charge is 0.382 e. The molecule has 0 spiro atoms. The third-order valence-corrected chi connectivity index (χ3v) is 1.34. The Balaban J connectivity index is 1.68.